The highest BCUT2D eigenvalue weighted by Crippen LogP contribution is 2.30. The summed E-state index contributed by atoms with van der Waals surface area (Å²) in [6.07, 6.45) is 1.40. The third kappa shape index (κ3) is 2.75. The fraction of sp³-hybridized carbons (Fsp3) is 0.188. The molecule has 0 aliphatic heterocycles. The summed E-state index contributed by atoms with van der Waals surface area (Å²) in [5, 5.41) is 11.7. The van der Waals surface area contributed by atoms with Gasteiger partial charge in [0.15, 0.2) is 5.69 Å². The van der Waals surface area contributed by atoms with Gasteiger partial charge in [0.25, 0.3) is 5.91 Å². The molecule has 0 radical (unpaired) electrons. The van der Waals surface area contributed by atoms with Gasteiger partial charge in [0.05, 0.1) is 31.2 Å². The first-order valence-electron chi connectivity index (χ1n) is 6.88. The predicted octanol–water partition coefficient (Wildman–Crippen LogP) is 1.09. The number of nitriles is 1. The number of nitrogen functional groups attached to an aromatic ring is 1. The highest BCUT2D eigenvalue weighted by molar-refractivity contribution is 5.97. The Kier molecular flexibility index (Phi) is 4.75. The number of amides is 1. The minimum atomic E-state index is -0.707. The van der Waals surface area contributed by atoms with Gasteiger partial charge in [0.2, 0.25) is 0 Å². The number of carbonyl (C=O) groups excluding carboxylic acids is 2. The molecule has 1 heterocycles. The molecule has 8 nitrogen and oxygen atoms in total. The van der Waals surface area contributed by atoms with Crippen molar-refractivity contribution in [1.29, 1.82) is 5.26 Å². The number of ether oxygens (including phenoxy) is 2. The van der Waals surface area contributed by atoms with Gasteiger partial charge in [0.1, 0.15) is 11.8 Å². The van der Waals surface area contributed by atoms with Crippen molar-refractivity contribution in [3.05, 3.63) is 41.2 Å². The predicted molar refractivity (Wildman–Crippen MR) is 86.2 cm³/mol. The van der Waals surface area contributed by atoms with Crippen molar-refractivity contribution in [2.45, 2.75) is 0 Å². The van der Waals surface area contributed by atoms with Gasteiger partial charge in [-0.1, -0.05) is 0 Å². The molecular formula is C16H16N4O4. The molecule has 0 saturated heterocycles. The van der Waals surface area contributed by atoms with Crippen LogP contribution in [0.5, 0.6) is 5.75 Å². The molecule has 0 aliphatic carbocycles. The number of aromatic nitrogens is 1. The van der Waals surface area contributed by atoms with Gasteiger partial charge < -0.3 is 25.1 Å². The van der Waals surface area contributed by atoms with E-state index in [0.717, 1.165) is 0 Å². The average molecular weight is 328 g/mol. The summed E-state index contributed by atoms with van der Waals surface area (Å²) in [6.45, 7) is 0. The minimum absolute atomic E-state index is 0.00301. The Morgan fingerprint density at radius 3 is 2.58 bits per heavy atom. The number of nitrogens with one attached hydrogen (secondary N) is 1. The average Bonchev–Trinajstić information content (AvgIpc) is 2.96. The third-order valence-electron chi connectivity index (χ3n) is 3.47. The lowest BCUT2D eigenvalue weighted by atomic mass is 10.1. The second-order valence-electron chi connectivity index (χ2n) is 4.74. The quantitative estimate of drug-likeness (QED) is 0.811. The van der Waals surface area contributed by atoms with Gasteiger partial charge in [-0.25, -0.2) is 4.79 Å². The van der Waals surface area contributed by atoms with Crippen molar-refractivity contribution >= 4 is 17.6 Å². The van der Waals surface area contributed by atoms with Crippen molar-refractivity contribution in [3.63, 3.8) is 0 Å². The van der Waals surface area contributed by atoms with Crippen LogP contribution >= 0.6 is 0 Å². The smallest absolute Gasteiger partial charge is 0.357 e. The molecule has 1 aromatic heterocycles. The number of hydrogen-bond acceptors (Lipinski definition) is 6. The number of carbonyl (C=O) groups is 2. The lowest BCUT2D eigenvalue weighted by Crippen LogP contribution is -2.18. The van der Waals surface area contributed by atoms with E-state index in [2.05, 4.69) is 5.32 Å². The number of hydrogen-bond donors (Lipinski definition) is 2. The summed E-state index contributed by atoms with van der Waals surface area (Å²) in [7, 11) is 4.17. The maximum Gasteiger partial charge on any atom is 0.357 e. The normalized spacial score (nSPS) is 9.92. The number of benzene rings is 1. The molecule has 0 unspecified atom stereocenters. The summed E-state index contributed by atoms with van der Waals surface area (Å²) in [5.41, 5.74) is 6.72. The largest absolute Gasteiger partial charge is 0.495 e. The van der Waals surface area contributed by atoms with E-state index in [1.54, 1.807) is 12.1 Å². The number of esters is 1. The Hall–Kier alpha value is -3.47. The number of nitrogens with zero attached hydrogens (tertiary/aromatic N) is 2. The summed E-state index contributed by atoms with van der Waals surface area (Å²) in [4.78, 5) is 23.9. The topological polar surface area (TPSA) is 119 Å². The molecule has 1 aromatic carbocycles. The van der Waals surface area contributed by atoms with Crippen LogP contribution in [0.2, 0.25) is 0 Å². The molecule has 0 atom stereocenters. The van der Waals surface area contributed by atoms with Crippen LogP contribution in [-0.4, -0.2) is 37.7 Å². The van der Waals surface area contributed by atoms with E-state index in [4.69, 9.17) is 15.2 Å². The second-order valence-corrected chi connectivity index (χ2v) is 4.74. The highest BCUT2D eigenvalue weighted by Gasteiger charge is 2.24. The minimum Gasteiger partial charge on any atom is -0.495 e. The Morgan fingerprint density at radius 2 is 2.04 bits per heavy atom. The molecule has 3 N–H and O–H groups in total. The van der Waals surface area contributed by atoms with E-state index in [1.165, 1.54) is 38.1 Å². The zero-order chi connectivity index (χ0) is 17.9. The van der Waals surface area contributed by atoms with Crippen molar-refractivity contribution in [2.24, 2.45) is 0 Å². The first kappa shape index (κ1) is 16.9. The van der Waals surface area contributed by atoms with Crippen molar-refractivity contribution in [3.8, 4) is 17.5 Å². The van der Waals surface area contributed by atoms with Gasteiger partial charge in [-0.05, 0) is 18.2 Å². The molecule has 2 aromatic rings. The fourth-order valence-corrected chi connectivity index (χ4v) is 2.27. The van der Waals surface area contributed by atoms with E-state index in [0.29, 0.717) is 17.0 Å². The van der Waals surface area contributed by atoms with E-state index in [1.807, 2.05) is 6.07 Å². The Bertz CT molecular complexity index is 848. The highest BCUT2D eigenvalue weighted by atomic mass is 16.5. The van der Waals surface area contributed by atoms with Gasteiger partial charge in [-0.3, -0.25) is 4.79 Å². The zero-order valence-electron chi connectivity index (χ0n) is 13.4. The molecule has 0 saturated carbocycles. The van der Waals surface area contributed by atoms with Crippen LogP contribution in [0.4, 0.5) is 5.69 Å². The van der Waals surface area contributed by atoms with Gasteiger partial charge in [0, 0.05) is 18.8 Å². The monoisotopic (exact) mass is 328 g/mol. The molecule has 2 rings (SSSR count). The van der Waals surface area contributed by atoms with Gasteiger partial charge >= 0.3 is 5.97 Å². The maximum atomic E-state index is 12.1. The fourth-order valence-electron chi connectivity index (χ4n) is 2.27. The van der Waals surface area contributed by atoms with Crippen molar-refractivity contribution < 1.29 is 19.1 Å². The molecule has 0 bridgehead atoms. The molecule has 124 valence electrons. The van der Waals surface area contributed by atoms with Crippen molar-refractivity contribution in [1.82, 2.24) is 9.88 Å². The number of nitrogens with two attached hydrogens (primary N) is 1. The first-order chi connectivity index (χ1) is 11.5. The molecule has 0 spiro atoms. The Morgan fingerprint density at radius 1 is 1.33 bits per heavy atom. The maximum absolute atomic E-state index is 12.1. The van der Waals surface area contributed by atoms with Gasteiger partial charge in [-0.2, -0.15) is 5.26 Å². The van der Waals surface area contributed by atoms with E-state index in [9.17, 15) is 14.9 Å². The van der Waals surface area contributed by atoms with Crippen molar-refractivity contribution in [2.75, 3.05) is 27.0 Å². The SMILES string of the molecule is CNC(=O)c1ccc(OC)c(-n2cc(C#N)c(N)c2C(=O)OC)c1. The summed E-state index contributed by atoms with van der Waals surface area (Å²) in [6, 6.07) is 6.62. The third-order valence-corrected chi connectivity index (χ3v) is 3.47. The van der Waals surface area contributed by atoms with Crippen LogP contribution in [0.3, 0.4) is 0 Å². The first-order valence-corrected chi connectivity index (χ1v) is 6.88. The zero-order valence-corrected chi connectivity index (χ0v) is 13.4. The summed E-state index contributed by atoms with van der Waals surface area (Å²) >= 11 is 0. The molecule has 0 aliphatic rings. The van der Waals surface area contributed by atoms with Crippen LogP contribution in [0, 0.1) is 11.3 Å². The second kappa shape index (κ2) is 6.75. The Labute approximate surface area is 138 Å². The molecule has 8 heteroatoms. The van der Waals surface area contributed by atoms with E-state index in [-0.39, 0.29) is 22.9 Å². The van der Waals surface area contributed by atoms with E-state index < -0.39 is 5.97 Å². The lowest BCUT2D eigenvalue weighted by molar-refractivity contribution is 0.0593. The number of anilines is 1. The van der Waals surface area contributed by atoms with Crippen LogP contribution in [0.15, 0.2) is 24.4 Å². The van der Waals surface area contributed by atoms with Crippen LogP contribution in [-0.2, 0) is 4.74 Å². The standard InChI is InChI=1S/C16H16N4O4/c1-19-15(21)9-4-5-12(23-2)11(6-9)20-8-10(7-17)13(18)14(20)16(22)24-3/h4-6,8H,18H2,1-3H3,(H,19,21). The van der Waals surface area contributed by atoms with E-state index >= 15 is 0 Å². The lowest BCUT2D eigenvalue weighted by Gasteiger charge is -2.14. The summed E-state index contributed by atoms with van der Waals surface area (Å²) < 4.78 is 11.4. The number of methoxy groups -OCH3 is 2. The number of rotatable bonds is 4. The Balaban J connectivity index is 2.78. The van der Waals surface area contributed by atoms with Crippen LogP contribution in [0.25, 0.3) is 5.69 Å². The molecular weight excluding hydrogens is 312 g/mol. The molecule has 1 amide bonds. The molecule has 24 heavy (non-hydrogen) atoms. The van der Waals surface area contributed by atoms with Crippen LogP contribution in [0.1, 0.15) is 26.4 Å². The van der Waals surface area contributed by atoms with Gasteiger partial charge in [-0.15, -0.1) is 0 Å². The summed E-state index contributed by atoms with van der Waals surface area (Å²) in [5.74, 6) is -0.618. The van der Waals surface area contributed by atoms with Crippen LogP contribution < -0.4 is 15.8 Å². The molecule has 0 fully saturated rings.